The van der Waals surface area contributed by atoms with Gasteiger partial charge in [0.25, 0.3) is 11.8 Å². The van der Waals surface area contributed by atoms with E-state index >= 15 is 0 Å². The van der Waals surface area contributed by atoms with E-state index in [0.29, 0.717) is 32.0 Å². The van der Waals surface area contributed by atoms with Crippen LogP contribution >= 0.6 is 0 Å². The third kappa shape index (κ3) is 12.1. The molecule has 5 N–H and O–H groups in total. The van der Waals surface area contributed by atoms with Crippen molar-refractivity contribution in [2.45, 2.75) is 66.0 Å². The fourth-order valence-electron chi connectivity index (χ4n) is 4.84. The van der Waals surface area contributed by atoms with Gasteiger partial charge in [-0.25, -0.2) is 22.2 Å². The number of hydrogen-bond donors (Lipinski definition) is 4. The van der Waals surface area contributed by atoms with E-state index < -0.39 is 51.5 Å². The molecule has 0 saturated carbocycles. The van der Waals surface area contributed by atoms with Crippen molar-refractivity contribution in [1.29, 1.82) is 0 Å². The first-order valence-electron chi connectivity index (χ1n) is 15.0. The lowest BCUT2D eigenvalue weighted by Crippen LogP contribution is -2.53. The van der Waals surface area contributed by atoms with E-state index in [0.717, 1.165) is 12.1 Å². The largest absolute Gasteiger partial charge is 0.390 e. The topological polar surface area (TPSA) is 162 Å². The van der Waals surface area contributed by atoms with E-state index in [1.807, 2.05) is 13.8 Å². The number of nitrogens with two attached hydrogens (primary N) is 1. The summed E-state index contributed by atoms with van der Waals surface area (Å²) in [4.78, 5) is 43.1. The molecule has 14 heteroatoms. The van der Waals surface area contributed by atoms with E-state index in [1.54, 1.807) is 25.7 Å². The Hall–Kier alpha value is -3.46. The molecule has 3 amide bonds. The molecule has 0 aliphatic heterocycles. The van der Waals surface area contributed by atoms with Crippen molar-refractivity contribution in [3.8, 4) is 0 Å². The van der Waals surface area contributed by atoms with Crippen LogP contribution in [0.5, 0.6) is 0 Å². The fraction of sp³-hybridized carbons (Fsp3) is 0.516. The minimum Gasteiger partial charge on any atom is -0.390 e. The number of carbonyl (C=O) groups is 3. The zero-order valence-electron chi connectivity index (χ0n) is 26.5. The lowest BCUT2D eigenvalue weighted by Gasteiger charge is -2.30. The summed E-state index contributed by atoms with van der Waals surface area (Å²) in [7, 11) is -3.74. The van der Waals surface area contributed by atoms with Gasteiger partial charge in [-0.2, -0.15) is 0 Å². The highest BCUT2D eigenvalue weighted by Gasteiger charge is 2.28. The highest BCUT2D eigenvalue weighted by molar-refractivity contribution is 7.89. The molecule has 0 fully saturated rings. The first kappa shape index (κ1) is 37.7. The smallest absolute Gasteiger partial charge is 0.253 e. The Morgan fingerprint density at radius 1 is 0.911 bits per heavy atom. The van der Waals surface area contributed by atoms with Gasteiger partial charge < -0.3 is 21.1 Å². The van der Waals surface area contributed by atoms with Crippen LogP contribution in [0, 0.1) is 17.6 Å². The molecule has 2 aromatic carbocycles. The summed E-state index contributed by atoms with van der Waals surface area (Å²) in [5.41, 5.74) is 5.51. The highest BCUT2D eigenvalue weighted by atomic mass is 32.2. The molecule has 0 spiro atoms. The van der Waals surface area contributed by atoms with Gasteiger partial charge in [0.05, 0.1) is 17.9 Å². The summed E-state index contributed by atoms with van der Waals surface area (Å²) in [6, 6.07) is 5.44. The molecular weight excluding hydrogens is 608 g/mol. The summed E-state index contributed by atoms with van der Waals surface area (Å²) >= 11 is 0. The number of halogens is 2. The van der Waals surface area contributed by atoms with Crippen LogP contribution in [0.4, 0.5) is 8.78 Å². The van der Waals surface area contributed by atoms with Crippen LogP contribution in [-0.4, -0.2) is 85.2 Å². The number of hydrogen-bond acceptors (Lipinski definition) is 7. The predicted octanol–water partition coefficient (Wildman–Crippen LogP) is 2.84. The molecule has 2 rings (SSSR count). The summed E-state index contributed by atoms with van der Waals surface area (Å²) < 4.78 is 53.1. The third-order valence-corrected chi connectivity index (χ3v) is 8.41. The molecule has 0 heterocycles. The maximum absolute atomic E-state index is 14.0. The van der Waals surface area contributed by atoms with Gasteiger partial charge >= 0.3 is 0 Å². The first-order chi connectivity index (χ1) is 21.1. The fourth-order valence-corrected chi connectivity index (χ4v) is 6.39. The van der Waals surface area contributed by atoms with Crippen molar-refractivity contribution >= 4 is 27.7 Å². The van der Waals surface area contributed by atoms with Crippen LogP contribution in [0.1, 0.15) is 84.1 Å². The second kappa shape index (κ2) is 17.3. The van der Waals surface area contributed by atoms with Crippen molar-refractivity contribution in [3.63, 3.8) is 0 Å². The first-order valence-corrected chi connectivity index (χ1v) is 16.7. The van der Waals surface area contributed by atoms with E-state index in [2.05, 4.69) is 10.1 Å². The maximum Gasteiger partial charge on any atom is 0.253 e. The molecule has 250 valence electrons. The van der Waals surface area contributed by atoms with Crippen LogP contribution in [0.25, 0.3) is 0 Å². The Bertz CT molecular complexity index is 1410. The molecule has 2 unspecified atom stereocenters. The quantitative estimate of drug-likeness (QED) is 0.180. The Morgan fingerprint density at radius 3 is 1.98 bits per heavy atom. The van der Waals surface area contributed by atoms with Crippen LogP contribution < -0.4 is 15.9 Å². The minimum atomic E-state index is -3.74. The van der Waals surface area contributed by atoms with E-state index in [4.69, 9.17) is 5.73 Å². The summed E-state index contributed by atoms with van der Waals surface area (Å²) in [6.07, 6.45) is -0.291. The second-order valence-corrected chi connectivity index (χ2v) is 13.1. The molecule has 2 atom stereocenters. The van der Waals surface area contributed by atoms with Crippen molar-refractivity contribution in [1.82, 2.24) is 20.1 Å². The number of sulfonamides is 1. The van der Waals surface area contributed by atoms with Crippen molar-refractivity contribution in [3.05, 3.63) is 70.3 Å². The van der Waals surface area contributed by atoms with Gasteiger partial charge in [0.2, 0.25) is 15.9 Å². The van der Waals surface area contributed by atoms with Gasteiger partial charge in [-0.15, -0.1) is 4.83 Å². The molecular formula is C31H45F2N5O6S. The van der Waals surface area contributed by atoms with Crippen LogP contribution in [0.15, 0.2) is 36.4 Å². The van der Waals surface area contributed by atoms with Gasteiger partial charge in [0.15, 0.2) is 0 Å². The van der Waals surface area contributed by atoms with E-state index in [1.165, 1.54) is 23.2 Å². The predicted molar refractivity (Wildman–Crippen MR) is 168 cm³/mol. The molecule has 11 nitrogen and oxygen atoms in total. The average molecular weight is 654 g/mol. The number of benzene rings is 2. The van der Waals surface area contributed by atoms with Crippen molar-refractivity contribution in [2.75, 3.05) is 31.9 Å². The number of primary amides is 1. The zero-order chi connectivity index (χ0) is 33.9. The molecule has 0 bridgehead atoms. The SMILES string of the molecule is CCCN(CCC)C(=O)c1cc(C(N)=O)cc(C(=O)NC(Cc2cc(F)cc(F)c2)C(O)CN(CC)NS(=O)(=O)CC(C)C)c1. The molecule has 0 aliphatic carbocycles. The second-order valence-electron chi connectivity index (χ2n) is 11.4. The number of nitrogens with zero attached hydrogens (tertiary/aromatic N) is 2. The maximum atomic E-state index is 14.0. The van der Waals surface area contributed by atoms with E-state index in [9.17, 15) is 36.7 Å². The molecule has 0 saturated heterocycles. The molecule has 45 heavy (non-hydrogen) atoms. The molecule has 0 radical (unpaired) electrons. The monoisotopic (exact) mass is 653 g/mol. The molecule has 2 aromatic rings. The standard InChI is InChI=1S/C31H45F2N5O6S/c1-6-9-37(10-7-2)31(42)24-15-22(29(34)40)14-23(16-24)30(41)35-27(13-21-11-25(32)17-26(33)12-21)28(39)18-38(8-3)36-45(43,44)19-20(4)5/h11-12,14-17,20,27-28,36,39H,6-10,13,18-19H2,1-5H3,(H2,34,40)(H,35,41). The Labute approximate surface area is 264 Å². The lowest BCUT2D eigenvalue weighted by atomic mass is 9.99. The van der Waals surface area contributed by atoms with Gasteiger partial charge in [-0.1, -0.05) is 34.6 Å². The number of aliphatic hydroxyl groups is 1. The lowest BCUT2D eigenvalue weighted by molar-refractivity contribution is 0.0634. The number of hydrazine groups is 1. The molecule has 0 aliphatic rings. The summed E-state index contributed by atoms with van der Waals surface area (Å²) in [5, 5.41) is 15.1. The number of rotatable bonds is 18. The number of carbonyl (C=O) groups excluding carboxylic acids is 3. The number of amides is 3. The van der Waals surface area contributed by atoms with E-state index in [-0.39, 0.29) is 53.4 Å². The van der Waals surface area contributed by atoms with Crippen molar-refractivity contribution in [2.24, 2.45) is 11.7 Å². The highest BCUT2D eigenvalue weighted by Crippen LogP contribution is 2.17. The Morgan fingerprint density at radius 2 is 1.47 bits per heavy atom. The average Bonchev–Trinajstić information content (AvgIpc) is 2.94. The Kier molecular flexibility index (Phi) is 14.5. The zero-order valence-corrected chi connectivity index (χ0v) is 27.3. The Balaban J connectivity index is 2.46. The van der Waals surface area contributed by atoms with Gasteiger partial charge in [-0.05, 0) is 61.1 Å². The van der Waals surface area contributed by atoms with Gasteiger partial charge in [-0.3, -0.25) is 14.4 Å². The number of likely N-dealkylation sites (N-methyl/N-ethyl adjacent to an activating group) is 1. The number of nitrogens with one attached hydrogen (secondary N) is 2. The number of aliphatic hydroxyl groups excluding tert-OH is 1. The van der Waals surface area contributed by atoms with Gasteiger partial charge in [0, 0.05) is 48.9 Å². The third-order valence-electron chi connectivity index (χ3n) is 6.77. The van der Waals surface area contributed by atoms with Crippen LogP contribution in [0.2, 0.25) is 0 Å². The summed E-state index contributed by atoms with van der Waals surface area (Å²) in [6.45, 7) is 9.77. The minimum absolute atomic E-state index is 0.0689. The van der Waals surface area contributed by atoms with Crippen LogP contribution in [-0.2, 0) is 16.4 Å². The normalized spacial score (nSPS) is 13.1. The van der Waals surface area contributed by atoms with Gasteiger partial charge in [0.1, 0.15) is 11.6 Å². The molecule has 0 aromatic heterocycles. The summed E-state index contributed by atoms with van der Waals surface area (Å²) in [5.74, 6) is -4.10. The van der Waals surface area contributed by atoms with Crippen LogP contribution in [0.3, 0.4) is 0 Å². The van der Waals surface area contributed by atoms with Crippen molar-refractivity contribution < 1.29 is 36.7 Å².